The Labute approximate surface area is 175 Å². The first kappa shape index (κ1) is 19.7. The van der Waals surface area contributed by atoms with E-state index in [2.05, 4.69) is 4.98 Å². The molecule has 3 heterocycles. The Bertz CT molecular complexity index is 981. The van der Waals surface area contributed by atoms with E-state index in [1.165, 1.54) is 35.2 Å². The van der Waals surface area contributed by atoms with Crippen LogP contribution in [0.25, 0.3) is 11.3 Å². The first-order valence-electron chi connectivity index (χ1n) is 9.05. The van der Waals surface area contributed by atoms with Gasteiger partial charge in [0.05, 0.1) is 16.8 Å². The molecule has 0 bridgehead atoms. The van der Waals surface area contributed by atoms with Crippen LogP contribution in [-0.2, 0) is 4.79 Å². The fourth-order valence-corrected chi connectivity index (χ4v) is 4.40. The number of aromatic nitrogens is 1. The summed E-state index contributed by atoms with van der Waals surface area (Å²) in [6.07, 6.45) is 1.56. The van der Waals surface area contributed by atoms with Gasteiger partial charge < -0.3 is 14.2 Å². The molecule has 0 saturated carbocycles. The highest BCUT2D eigenvalue weighted by Gasteiger charge is 2.25. The number of hydrogen-bond donors (Lipinski definition) is 0. The fourth-order valence-electron chi connectivity index (χ4n) is 3.00. The molecule has 150 valence electrons. The van der Waals surface area contributed by atoms with Gasteiger partial charge in [0, 0.05) is 31.7 Å². The molecule has 2 aromatic heterocycles. The number of oxazole rings is 1. The summed E-state index contributed by atoms with van der Waals surface area (Å²) in [6, 6.07) is 9.63. The van der Waals surface area contributed by atoms with Gasteiger partial charge >= 0.3 is 0 Å². The van der Waals surface area contributed by atoms with E-state index in [4.69, 9.17) is 4.42 Å². The standard InChI is InChI=1S/C20H18FN3O3S2/c21-15-5-3-14(4-6-15)16-12-22-20(27-16)29-13-18(25)23-7-9-24(10-8-23)19(26)17-2-1-11-28-17/h1-6,11-12H,7-10,13H2. The van der Waals surface area contributed by atoms with Crippen molar-refractivity contribution in [1.29, 1.82) is 0 Å². The molecule has 0 N–H and O–H groups in total. The molecule has 4 rings (SSSR count). The van der Waals surface area contributed by atoms with E-state index in [0.717, 1.165) is 10.4 Å². The van der Waals surface area contributed by atoms with E-state index in [9.17, 15) is 14.0 Å². The van der Waals surface area contributed by atoms with Gasteiger partial charge in [-0.15, -0.1) is 11.3 Å². The van der Waals surface area contributed by atoms with Gasteiger partial charge in [-0.05, 0) is 35.7 Å². The van der Waals surface area contributed by atoms with Crippen molar-refractivity contribution in [1.82, 2.24) is 14.8 Å². The molecule has 0 aliphatic carbocycles. The van der Waals surface area contributed by atoms with Gasteiger partial charge in [0.2, 0.25) is 5.91 Å². The maximum absolute atomic E-state index is 13.0. The molecule has 2 amide bonds. The second-order valence-corrected chi connectivity index (χ2v) is 8.31. The summed E-state index contributed by atoms with van der Waals surface area (Å²) in [5.74, 6) is 0.433. The predicted octanol–water partition coefficient (Wildman–Crippen LogP) is 3.62. The molecule has 1 fully saturated rings. The van der Waals surface area contributed by atoms with Gasteiger partial charge in [0.1, 0.15) is 5.82 Å². The van der Waals surface area contributed by atoms with Crippen molar-refractivity contribution in [2.75, 3.05) is 31.9 Å². The number of rotatable bonds is 5. The van der Waals surface area contributed by atoms with Crippen molar-refractivity contribution in [2.24, 2.45) is 0 Å². The summed E-state index contributed by atoms with van der Waals surface area (Å²) in [5, 5.41) is 2.28. The van der Waals surface area contributed by atoms with E-state index in [0.29, 0.717) is 37.2 Å². The van der Waals surface area contributed by atoms with E-state index >= 15 is 0 Å². The van der Waals surface area contributed by atoms with Crippen molar-refractivity contribution in [3.05, 3.63) is 58.7 Å². The molecule has 1 aromatic carbocycles. The normalized spacial score (nSPS) is 14.2. The maximum atomic E-state index is 13.0. The largest absolute Gasteiger partial charge is 0.431 e. The summed E-state index contributed by atoms with van der Waals surface area (Å²) in [5.41, 5.74) is 0.726. The minimum Gasteiger partial charge on any atom is -0.431 e. The number of amides is 2. The lowest BCUT2D eigenvalue weighted by molar-refractivity contribution is -0.129. The second kappa shape index (κ2) is 8.79. The van der Waals surface area contributed by atoms with Gasteiger partial charge in [-0.3, -0.25) is 9.59 Å². The predicted molar refractivity (Wildman–Crippen MR) is 109 cm³/mol. The number of thioether (sulfide) groups is 1. The molecule has 6 nitrogen and oxygen atoms in total. The lowest BCUT2D eigenvalue weighted by Gasteiger charge is -2.34. The lowest BCUT2D eigenvalue weighted by Crippen LogP contribution is -2.51. The summed E-state index contributed by atoms with van der Waals surface area (Å²) >= 11 is 2.65. The van der Waals surface area contributed by atoms with Crippen molar-refractivity contribution >= 4 is 34.9 Å². The average molecular weight is 432 g/mol. The Kier molecular flexibility index (Phi) is 5.96. The highest BCUT2D eigenvalue weighted by atomic mass is 32.2. The van der Waals surface area contributed by atoms with Crippen LogP contribution in [0, 0.1) is 5.82 Å². The maximum Gasteiger partial charge on any atom is 0.264 e. The molecule has 9 heteroatoms. The topological polar surface area (TPSA) is 66.7 Å². The van der Waals surface area contributed by atoms with Crippen molar-refractivity contribution in [3.8, 4) is 11.3 Å². The molecule has 29 heavy (non-hydrogen) atoms. The summed E-state index contributed by atoms with van der Waals surface area (Å²) < 4.78 is 18.7. The fraction of sp³-hybridized carbons (Fsp3) is 0.250. The third-order valence-corrected chi connectivity index (χ3v) is 6.27. The van der Waals surface area contributed by atoms with Crippen molar-refractivity contribution in [3.63, 3.8) is 0 Å². The first-order valence-corrected chi connectivity index (χ1v) is 10.9. The number of carbonyl (C=O) groups excluding carboxylic acids is 2. The van der Waals surface area contributed by atoms with Gasteiger partial charge in [-0.2, -0.15) is 0 Å². The molecule has 3 aromatic rings. The molecule has 0 spiro atoms. The van der Waals surface area contributed by atoms with Crippen LogP contribution in [0.1, 0.15) is 9.67 Å². The monoisotopic (exact) mass is 431 g/mol. The van der Waals surface area contributed by atoms with Gasteiger partial charge in [-0.1, -0.05) is 17.8 Å². The average Bonchev–Trinajstić information content (AvgIpc) is 3.44. The minimum absolute atomic E-state index is 0.0141. The number of benzene rings is 1. The van der Waals surface area contributed by atoms with E-state index in [-0.39, 0.29) is 23.4 Å². The Balaban J connectivity index is 1.26. The summed E-state index contributed by atoms with van der Waals surface area (Å²) in [7, 11) is 0. The number of thiophene rings is 1. The molecule has 0 atom stereocenters. The van der Waals surface area contributed by atoms with Crippen LogP contribution in [0.4, 0.5) is 4.39 Å². The Morgan fingerprint density at radius 2 is 1.83 bits per heavy atom. The van der Waals surface area contributed by atoms with Crippen LogP contribution in [0.3, 0.4) is 0 Å². The highest BCUT2D eigenvalue weighted by molar-refractivity contribution is 7.99. The third kappa shape index (κ3) is 4.68. The van der Waals surface area contributed by atoms with Gasteiger partial charge in [0.25, 0.3) is 11.1 Å². The number of piperazine rings is 1. The third-order valence-electron chi connectivity index (χ3n) is 4.58. The zero-order chi connectivity index (χ0) is 20.2. The van der Waals surface area contributed by atoms with Crippen LogP contribution in [-0.4, -0.2) is 58.5 Å². The Hall–Kier alpha value is -2.65. The van der Waals surface area contributed by atoms with Gasteiger partial charge in [0.15, 0.2) is 5.76 Å². The van der Waals surface area contributed by atoms with Crippen LogP contribution in [0.5, 0.6) is 0 Å². The zero-order valence-electron chi connectivity index (χ0n) is 15.4. The van der Waals surface area contributed by atoms with Crippen molar-refractivity contribution < 1.29 is 18.4 Å². The lowest BCUT2D eigenvalue weighted by atomic mass is 10.2. The minimum atomic E-state index is -0.314. The molecule has 1 aliphatic heterocycles. The van der Waals surface area contributed by atoms with Crippen LogP contribution in [0.15, 0.2) is 57.6 Å². The highest BCUT2D eigenvalue weighted by Crippen LogP contribution is 2.26. The summed E-state index contributed by atoms with van der Waals surface area (Å²) in [4.78, 5) is 33.3. The van der Waals surface area contributed by atoms with Crippen LogP contribution < -0.4 is 0 Å². The van der Waals surface area contributed by atoms with E-state index in [1.807, 2.05) is 17.5 Å². The van der Waals surface area contributed by atoms with Gasteiger partial charge in [-0.25, -0.2) is 9.37 Å². The molecule has 0 unspecified atom stereocenters. The van der Waals surface area contributed by atoms with Crippen molar-refractivity contribution in [2.45, 2.75) is 5.22 Å². The van der Waals surface area contributed by atoms with Crippen LogP contribution >= 0.6 is 23.1 Å². The number of halogens is 1. The molecule has 1 saturated heterocycles. The number of hydrogen-bond acceptors (Lipinski definition) is 6. The smallest absolute Gasteiger partial charge is 0.264 e. The Morgan fingerprint density at radius 3 is 2.52 bits per heavy atom. The molecule has 1 aliphatic rings. The SMILES string of the molecule is O=C(CSc1ncc(-c2ccc(F)cc2)o1)N1CCN(C(=O)c2cccs2)CC1. The van der Waals surface area contributed by atoms with Crippen LogP contribution in [0.2, 0.25) is 0 Å². The Morgan fingerprint density at radius 1 is 1.10 bits per heavy atom. The number of carbonyl (C=O) groups is 2. The molecule has 0 radical (unpaired) electrons. The van der Waals surface area contributed by atoms with E-state index < -0.39 is 0 Å². The summed E-state index contributed by atoms with van der Waals surface area (Å²) in [6.45, 7) is 2.09. The van der Waals surface area contributed by atoms with E-state index in [1.54, 1.807) is 28.1 Å². The zero-order valence-corrected chi connectivity index (χ0v) is 17.0. The molecular weight excluding hydrogens is 413 g/mol. The second-order valence-electron chi connectivity index (χ2n) is 6.44. The molecular formula is C20H18FN3O3S2. The number of nitrogens with zero attached hydrogens (tertiary/aromatic N) is 3. The quantitative estimate of drug-likeness (QED) is 0.578. The first-order chi connectivity index (χ1) is 14.1.